The molecule has 0 unspecified atom stereocenters. The third kappa shape index (κ3) is 1.57. The lowest BCUT2D eigenvalue weighted by molar-refractivity contribution is 0.0697. The van der Waals surface area contributed by atoms with Gasteiger partial charge in [0.1, 0.15) is 11.4 Å². The Kier molecular flexibility index (Phi) is 2.19. The zero-order valence-corrected chi connectivity index (χ0v) is 9.11. The first-order valence-corrected chi connectivity index (χ1v) is 5.24. The second-order valence-electron chi connectivity index (χ2n) is 3.88. The number of carboxylic acids is 1. The number of nitrogens with one attached hydrogen (secondary N) is 1. The molecule has 4 nitrogen and oxygen atoms in total. The van der Waals surface area contributed by atoms with Crippen LogP contribution < -0.4 is 0 Å². The standard InChI is InChI=1S/C13H8FNO3/c14-8-2-1-7-5-11(15-10(7)6-8)12-9(13(16)17)3-4-18-12/h1-6,15H,(H,16,17). The van der Waals surface area contributed by atoms with Crippen LogP contribution in [0.2, 0.25) is 0 Å². The number of hydrogen-bond donors (Lipinski definition) is 2. The van der Waals surface area contributed by atoms with Gasteiger partial charge < -0.3 is 14.5 Å². The highest BCUT2D eigenvalue weighted by Crippen LogP contribution is 2.28. The van der Waals surface area contributed by atoms with Gasteiger partial charge in [-0.1, -0.05) is 0 Å². The molecular weight excluding hydrogens is 237 g/mol. The Hall–Kier alpha value is -2.56. The molecule has 0 saturated carbocycles. The van der Waals surface area contributed by atoms with Crippen molar-refractivity contribution in [1.82, 2.24) is 4.98 Å². The van der Waals surface area contributed by atoms with Gasteiger partial charge in [-0.25, -0.2) is 9.18 Å². The van der Waals surface area contributed by atoms with Gasteiger partial charge in [0.2, 0.25) is 0 Å². The summed E-state index contributed by atoms with van der Waals surface area (Å²) < 4.78 is 18.2. The van der Waals surface area contributed by atoms with Gasteiger partial charge in [-0.15, -0.1) is 0 Å². The maximum absolute atomic E-state index is 13.1. The van der Waals surface area contributed by atoms with Gasteiger partial charge in [-0.2, -0.15) is 0 Å². The lowest BCUT2D eigenvalue weighted by Gasteiger charge is -1.94. The zero-order valence-electron chi connectivity index (χ0n) is 9.11. The molecule has 0 bridgehead atoms. The minimum absolute atomic E-state index is 0.0713. The van der Waals surface area contributed by atoms with E-state index in [0.29, 0.717) is 11.2 Å². The number of hydrogen-bond acceptors (Lipinski definition) is 2. The summed E-state index contributed by atoms with van der Waals surface area (Å²) in [7, 11) is 0. The average molecular weight is 245 g/mol. The first-order valence-electron chi connectivity index (χ1n) is 5.24. The fourth-order valence-electron chi connectivity index (χ4n) is 1.91. The molecular formula is C13H8FNO3. The summed E-state index contributed by atoms with van der Waals surface area (Å²) >= 11 is 0. The predicted molar refractivity (Wildman–Crippen MR) is 62.9 cm³/mol. The van der Waals surface area contributed by atoms with E-state index in [2.05, 4.69) is 4.98 Å². The summed E-state index contributed by atoms with van der Waals surface area (Å²) in [4.78, 5) is 13.9. The molecule has 5 heteroatoms. The van der Waals surface area contributed by atoms with Gasteiger partial charge in [0.25, 0.3) is 0 Å². The highest BCUT2D eigenvalue weighted by atomic mass is 19.1. The lowest BCUT2D eigenvalue weighted by Crippen LogP contribution is -1.95. The smallest absolute Gasteiger partial charge is 0.339 e. The molecule has 0 aliphatic heterocycles. The van der Waals surface area contributed by atoms with Crippen LogP contribution in [0.1, 0.15) is 10.4 Å². The van der Waals surface area contributed by atoms with Gasteiger partial charge >= 0.3 is 5.97 Å². The van der Waals surface area contributed by atoms with E-state index in [4.69, 9.17) is 9.52 Å². The maximum Gasteiger partial charge on any atom is 0.339 e. The second kappa shape index (κ2) is 3.73. The number of aromatic nitrogens is 1. The van der Waals surface area contributed by atoms with Gasteiger partial charge in [-0.3, -0.25) is 0 Å². The van der Waals surface area contributed by atoms with Crippen LogP contribution in [-0.4, -0.2) is 16.1 Å². The van der Waals surface area contributed by atoms with E-state index in [0.717, 1.165) is 5.39 Å². The average Bonchev–Trinajstić information content (AvgIpc) is 2.93. The Morgan fingerprint density at radius 2 is 2.11 bits per heavy atom. The van der Waals surface area contributed by atoms with Crippen LogP contribution in [0.4, 0.5) is 4.39 Å². The quantitative estimate of drug-likeness (QED) is 0.728. The molecule has 0 radical (unpaired) electrons. The fraction of sp³-hybridized carbons (Fsp3) is 0. The van der Waals surface area contributed by atoms with E-state index >= 15 is 0 Å². The van der Waals surface area contributed by atoms with E-state index in [-0.39, 0.29) is 17.1 Å². The molecule has 0 atom stereocenters. The lowest BCUT2D eigenvalue weighted by atomic mass is 10.2. The molecule has 0 aliphatic carbocycles. The topological polar surface area (TPSA) is 66.2 Å². The van der Waals surface area contributed by atoms with Crippen molar-refractivity contribution in [3.05, 3.63) is 48.0 Å². The number of H-pyrrole nitrogens is 1. The first-order chi connectivity index (χ1) is 8.65. The van der Waals surface area contributed by atoms with Crippen molar-refractivity contribution in [2.75, 3.05) is 0 Å². The fourth-order valence-corrected chi connectivity index (χ4v) is 1.91. The van der Waals surface area contributed by atoms with Gasteiger partial charge in [0.05, 0.1) is 12.0 Å². The number of furan rings is 1. The molecule has 18 heavy (non-hydrogen) atoms. The Balaban J connectivity index is 2.19. The van der Waals surface area contributed by atoms with E-state index in [9.17, 15) is 9.18 Å². The van der Waals surface area contributed by atoms with E-state index in [1.807, 2.05) is 0 Å². The van der Waals surface area contributed by atoms with Crippen LogP contribution in [0, 0.1) is 5.82 Å². The van der Waals surface area contributed by atoms with Crippen molar-refractivity contribution in [3.8, 4) is 11.5 Å². The maximum atomic E-state index is 13.1. The molecule has 0 spiro atoms. The number of carbonyl (C=O) groups is 1. The molecule has 1 aromatic carbocycles. The van der Waals surface area contributed by atoms with Crippen molar-refractivity contribution in [2.24, 2.45) is 0 Å². The Morgan fingerprint density at radius 3 is 2.89 bits per heavy atom. The van der Waals surface area contributed by atoms with Gasteiger partial charge in [0.15, 0.2) is 5.76 Å². The highest BCUT2D eigenvalue weighted by molar-refractivity contribution is 5.95. The van der Waals surface area contributed by atoms with Gasteiger partial charge in [0, 0.05) is 10.9 Å². The summed E-state index contributed by atoms with van der Waals surface area (Å²) in [5, 5.41) is 9.79. The predicted octanol–water partition coefficient (Wildman–Crippen LogP) is 3.27. The molecule has 90 valence electrons. The number of fused-ring (bicyclic) bond motifs is 1. The Morgan fingerprint density at radius 1 is 1.28 bits per heavy atom. The van der Waals surface area contributed by atoms with Gasteiger partial charge in [-0.05, 0) is 30.3 Å². The van der Waals surface area contributed by atoms with Crippen molar-refractivity contribution in [1.29, 1.82) is 0 Å². The third-order valence-electron chi connectivity index (χ3n) is 2.72. The number of carboxylic acid groups (broad SMARTS) is 1. The highest BCUT2D eigenvalue weighted by Gasteiger charge is 2.16. The molecule has 0 saturated heterocycles. The normalized spacial score (nSPS) is 10.9. The van der Waals surface area contributed by atoms with E-state index in [1.54, 1.807) is 12.1 Å². The molecule has 2 aromatic heterocycles. The molecule has 3 rings (SSSR count). The molecule has 2 N–H and O–H groups in total. The van der Waals surface area contributed by atoms with E-state index < -0.39 is 5.97 Å². The summed E-state index contributed by atoms with van der Waals surface area (Å²) in [5.41, 5.74) is 1.18. The molecule has 0 aliphatic rings. The SMILES string of the molecule is O=C(O)c1ccoc1-c1cc2ccc(F)cc2[nH]1. The molecule has 0 amide bonds. The number of rotatable bonds is 2. The summed E-state index contributed by atoms with van der Waals surface area (Å²) in [5.74, 6) is -1.18. The zero-order chi connectivity index (χ0) is 12.7. The molecule has 2 heterocycles. The monoisotopic (exact) mass is 245 g/mol. The number of halogens is 1. The van der Waals surface area contributed by atoms with Crippen LogP contribution in [0.25, 0.3) is 22.4 Å². The van der Waals surface area contributed by atoms with Crippen molar-refractivity contribution >= 4 is 16.9 Å². The summed E-state index contributed by atoms with van der Waals surface area (Å²) in [6.45, 7) is 0. The van der Waals surface area contributed by atoms with Crippen molar-refractivity contribution in [2.45, 2.75) is 0 Å². The van der Waals surface area contributed by atoms with E-state index in [1.165, 1.54) is 24.5 Å². The van der Waals surface area contributed by atoms with Crippen molar-refractivity contribution in [3.63, 3.8) is 0 Å². The minimum atomic E-state index is -1.07. The third-order valence-corrected chi connectivity index (χ3v) is 2.72. The Bertz CT molecular complexity index is 742. The Labute approximate surface area is 101 Å². The summed E-state index contributed by atoms with van der Waals surface area (Å²) in [6, 6.07) is 7.42. The second-order valence-corrected chi connectivity index (χ2v) is 3.88. The van der Waals surface area contributed by atoms with Crippen LogP contribution in [0.3, 0.4) is 0 Å². The number of benzene rings is 1. The first kappa shape index (κ1) is 10.6. The largest absolute Gasteiger partial charge is 0.478 e. The van der Waals surface area contributed by atoms with Crippen LogP contribution in [0.5, 0.6) is 0 Å². The van der Waals surface area contributed by atoms with Crippen LogP contribution in [-0.2, 0) is 0 Å². The number of aromatic carboxylic acids is 1. The van der Waals surface area contributed by atoms with Crippen LogP contribution in [0.15, 0.2) is 41.0 Å². The summed E-state index contributed by atoms with van der Waals surface area (Å²) in [6.07, 6.45) is 1.31. The molecule has 0 fully saturated rings. The molecule has 3 aromatic rings. The number of aromatic amines is 1. The van der Waals surface area contributed by atoms with Crippen molar-refractivity contribution < 1.29 is 18.7 Å². The minimum Gasteiger partial charge on any atom is -0.478 e. The van der Waals surface area contributed by atoms with Crippen LogP contribution >= 0.6 is 0 Å².